The lowest BCUT2D eigenvalue weighted by Gasteiger charge is -2.05. The SMILES string of the molecule is CCn1c(C)cc(C(=O)CSc2nnc3c4ccccc4n(CC)c3n2)c1C. The molecule has 0 bridgehead atoms. The van der Waals surface area contributed by atoms with Crippen LogP contribution in [0.3, 0.4) is 0 Å². The third-order valence-electron chi connectivity index (χ3n) is 5.19. The van der Waals surface area contributed by atoms with Gasteiger partial charge < -0.3 is 9.13 Å². The number of carbonyl (C=O) groups excluding carboxylic acids is 1. The highest BCUT2D eigenvalue weighted by atomic mass is 32.2. The van der Waals surface area contributed by atoms with Gasteiger partial charge >= 0.3 is 0 Å². The van der Waals surface area contributed by atoms with Gasteiger partial charge in [0.15, 0.2) is 11.4 Å². The van der Waals surface area contributed by atoms with E-state index in [-0.39, 0.29) is 5.78 Å². The van der Waals surface area contributed by atoms with Crippen molar-refractivity contribution in [2.75, 3.05) is 5.75 Å². The number of thioether (sulfide) groups is 1. The molecule has 4 rings (SSSR count). The molecule has 0 N–H and O–H groups in total. The number of ketones is 1. The Hall–Kier alpha value is -2.67. The minimum absolute atomic E-state index is 0.0949. The first kappa shape index (κ1) is 18.7. The van der Waals surface area contributed by atoms with Gasteiger partial charge in [0.25, 0.3) is 0 Å². The molecule has 6 nitrogen and oxygen atoms in total. The Labute approximate surface area is 168 Å². The lowest BCUT2D eigenvalue weighted by molar-refractivity contribution is 0.102. The third kappa shape index (κ3) is 2.99. The van der Waals surface area contributed by atoms with Gasteiger partial charge in [-0.2, -0.15) is 0 Å². The molecule has 3 aromatic heterocycles. The highest BCUT2D eigenvalue weighted by Gasteiger charge is 2.17. The molecule has 0 aliphatic rings. The number of para-hydroxylation sites is 1. The van der Waals surface area contributed by atoms with E-state index < -0.39 is 0 Å². The highest BCUT2D eigenvalue weighted by Crippen LogP contribution is 2.27. The summed E-state index contributed by atoms with van der Waals surface area (Å²) in [5, 5.41) is 10.3. The van der Waals surface area contributed by atoms with Crippen LogP contribution in [0, 0.1) is 13.8 Å². The third-order valence-corrected chi connectivity index (χ3v) is 6.03. The fourth-order valence-electron chi connectivity index (χ4n) is 3.85. The number of hydrogen-bond donors (Lipinski definition) is 0. The Balaban J connectivity index is 1.62. The van der Waals surface area contributed by atoms with Gasteiger partial charge in [-0.05, 0) is 39.8 Å². The predicted octanol–water partition coefficient (Wildman–Crippen LogP) is 4.41. The van der Waals surface area contributed by atoms with Crippen molar-refractivity contribution in [2.45, 2.75) is 45.9 Å². The Bertz CT molecular complexity index is 1190. The summed E-state index contributed by atoms with van der Waals surface area (Å²) < 4.78 is 4.29. The number of carbonyl (C=O) groups is 1. The molecule has 0 radical (unpaired) electrons. The minimum Gasteiger partial charge on any atom is -0.349 e. The van der Waals surface area contributed by atoms with Crippen LogP contribution < -0.4 is 0 Å². The van der Waals surface area contributed by atoms with E-state index >= 15 is 0 Å². The maximum absolute atomic E-state index is 12.7. The average molecular weight is 394 g/mol. The van der Waals surface area contributed by atoms with E-state index in [9.17, 15) is 4.79 Å². The van der Waals surface area contributed by atoms with Gasteiger partial charge in [-0.3, -0.25) is 4.79 Å². The van der Waals surface area contributed by atoms with Gasteiger partial charge in [-0.1, -0.05) is 30.0 Å². The largest absolute Gasteiger partial charge is 0.349 e. The number of Topliss-reactive ketones (excluding diaryl/α,β-unsaturated/α-hetero) is 1. The molecule has 0 saturated carbocycles. The first-order valence-corrected chi connectivity index (χ1v) is 10.5. The molecule has 0 aliphatic heterocycles. The van der Waals surface area contributed by atoms with Crippen molar-refractivity contribution in [1.82, 2.24) is 24.3 Å². The summed E-state index contributed by atoms with van der Waals surface area (Å²) >= 11 is 1.34. The molecule has 4 aromatic rings. The predicted molar refractivity (Wildman–Crippen MR) is 113 cm³/mol. The number of fused-ring (bicyclic) bond motifs is 3. The summed E-state index contributed by atoms with van der Waals surface area (Å²) in [5.41, 5.74) is 5.64. The van der Waals surface area contributed by atoms with Crippen LogP contribution in [0.1, 0.15) is 35.6 Å². The fraction of sp³-hybridized carbons (Fsp3) is 0.333. The van der Waals surface area contributed by atoms with Crippen molar-refractivity contribution < 1.29 is 4.79 Å². The minimum atomic E-state index is 0.0949. The van der Waals surface area contributed by atoms with E-state index in [0.717, 1.165) is 52.1 Å². The van der Waals surface area contributed by atoms with E-state index in [2.05, 4.69) is 39.2 Å². The second kappa shape index (κ2) is 7.39. The molecular weight excluding hydrogens is 370 g/mol. The van der Waals surface area contributed by atoms with Gasteiger partial charge in [0.05, 0.1) is 11.3 Å². The van der Waals surface area contributed by atoms with Crippen LogP contribution in [0.15, 0.2) is 35.5 Å². The van der Waals surface area contributed by atoms with Gasteiger partial charge in [0.1, 0.15) is 5.52 Å². The molecule has 0 spiro atoms. The molecule has 0 unspecified atom stereocenters. The van der Waals surface area contributed by atoms with Crippen molar-refractivity contribution in [3.63, 3.8) is 0 Å². The Morgan fingerprint density at radius 2 is 1.82 bits per heavy atom. The van der Waals surface area contributed by atoms with E-state index in [1.807, 2.05) is 38.1 Å². The smallest absolute Gasteiger partial charge is 0.211 e. The van der Waals surface area contributed by atoms with Gasteiger partial charge in [-0.25, -0.2) is 4.98 Å². The van der Waals surface area contributed by atoms with Crippen molar-refractivity contribution in [2.24, 2.45) is 0 Å². The number of rotatable bonds is 6. The molecule has 7 heteroatoms. The average Bonchev–Trinajstić information content (AvgIpc) is 3.18. The first-order valence-electron chi connectivity index (χ1n) is 9.49. The topological polar surface area (TPSA) is 65.6 Å². The van der Waals surface area contributed by atoms with Crippen LogP contribution in [-0.2, 0) is 13.1 Å². The number of nitrogens with zero attached hydrogens (tertiary/aromatic N) is 5. The number of aromatic nitrogens is 5. The molecule has 28 heavy (non-hydrogen) atoms. The summed E-state index contributed by atoms with van der Waals surface area (Å²) in [4.78, 5) is 17.4. The fourth-order valence-corrected chi connectivity index (χ4v) is 4.51. The monoisotopic (exact) mass is 393 g/mol. The van der Waals surface area contributed by atoms with Crippen molar-refractivity contribution >= 4 is 39.6 Å². The molecule has 144 valence electrons. The zero-order chi connectivity index (χ0) is 19.8. The van der Waals surface area contributed by atoms with Crippen LogP contribution >= 0.6 is 11.8 Å². The number of aryl methyl sites for hydroxylation is 2. The Kier molecular flexibility index (Phi) is 4.93. The zero-order valence-corrected chi connectivity index (χ0v) is 17.4. The van der Waals surface area contributed by atoms with E-state index in [1.54, 1.807) is 0 Å². The van der Waals surface area contributed by atoms with Crippen LogP contribution in [0.2, 0.25) is 0 Å². The molecule has 0 fully saturated rings. The van der Waals surface area contributed by atoms with Crippen LogP contribution in [-0.4, -0.2) is 35.9 Å². The van der Waals surface area contributed by atoms with E-state index in [4.69, 9.17) is 4.98 Å². The summed E-state index contributed by atoms with van der Waals surface area (Å²) in [5.74, 6) is 0.394. The van der Waals surface area contributed by atoms with E-state index in [0.29, 0.717) is 10.9 Å². The van der Waals surface area contributed by atoms with Crippen LogP contribution in [0.25, 0.3) is 22.1 Å². The van der Waals surface area contributed by atoms with Gasteiger partial charge in [0, 0.05) is 35.4 Å². The molecule has 0 saturated heterocycles. The normalized spacial score (nSPS) is 11.6. The van der Waals surface area contributed by atoms with Crippen molar-refractivity contribution in [3.05, 3.63) is 47.3 Å². The van der Waals surface area contributed by atoms with E-state index in [1.165, 1.54) is 11.8 Å². The summed E-state index contributed by atoms with van der Waals surface area (Å²) in [7, 11) is 0. The van der Waals surface area contributed by atoms with Crippen LogP contribution in [0.4, 0.5) is 0 Å². The Morgan fingerprint density at radius 1 is 1.07 bits per heavy atom. The highest BCUT2D eigenvalue weighted by molar-refractivity contribution is 7.99. The maximum atomic E-state index is 12.7. The lowest BCUT2D eigenvalue weighted by atomic mass is 10.2. The summed E-state index contributed by atoms with van der Waals surface area (Å²) in [6.07, 6.45) is 0. The molecular formula is C21H23N5OS. The summed E-state index contributed by atoms with van der Waals surface area (Å²) in [6, 6.07) is 10.1. The van der Waals surface area contributed by atoms with Gasteiger partial charge in [-0.15, -0.1) is 10.2 Å². The second-order valence-corrected chi connectivity index (χ2v) is 7.71. The Morgan fingerprint density at radius 3 is 2.54 bits per heavy atom. The van der Waals surface area contributed by atoms with Crippen LogP contribution in [0.5, 0.6) is 0 Å². The molecule has 0 aliphatic carbocycles. The molecule has 0 atom stereocenters. The quantitative estimate of drug-likeness (QED) is 0.358. The molecule has 1 aromatic carbocycles. The molecule has 0 amide bonds. The standard InChI is InChI=1S/C21H23N5OS/c1-5-25-13(3)11-16(14(25)4)18(27)12-28-21-22-20-19(23-24-21)15-9-7-8-10-17(15)26(20)6-2/h7-11H,5-6,12H2,1-4H3. The maximum Gasteiger partial charge on any atom is 0.211 e. The lowest BCUT2D eigenvalue weighted by Crippen LogP contribution is -2.06. The summed E-state index contributed by atoms with van der Waals surface area (Å²) in [6.45, 7) is 9.87. The van der Waals surface area contributed by atoms with Crippen molar-refractivity contribution in [3.8, 4) is 0 Å². The zero-order valence-electron chi connectivity index (χ0n) is 16.6. The molecule has 3 heterocycles. The number of benzene rings is 1. The van der Waals surface area contributed by atoms with Gasteiger partial charge in [0.2, 0.25) is 5.16 Å². The first-order chi connectivity index (χ1) is 13.5. The second-order valence-electron chi connectivity index (χ2n) is 6.77. The number of hydrogen-bond acceptors (Lipinski definition) is 5. The van der Waals surface area contributed by atoms with Crippen molar-refractivity contribution in [1.29, 1.82) is 0 Å².